The Morgan fingerprint density at radius 3 is 2.59 bits per heavy atom. The van der Waals surface area contributed by atoms with E-state index >= 15 is 0 Å². The van der Waals surface area contributed by atoms with Gasteiger partial charge in [0.15, 0.2) is 0 Å². The van der Waals surface area contributed by atoms with Crippen LogP contribution in [0, 0.1) is 20.8 Å². The summed E-state index contributed by atoms with van der Waals surface area (Å²) in [6.45, 7) is 7.14. The fraction of sp³-hybridized carbons (Fsp3) is 0.500. The zero-order valence-corrected chi connectivity index (χ0v) is 10.8. The lowest BCUT2D eigenvalue weighted by Gasteiger charge is -2.14. The lowest BCUT2D eigenvalue weighted by Crippen LogP contribution is -2.35. The van der Waals surface area contributed by atoms with Crippen LogP contribution in [-0.2, 0) is 4.79 Å². The highest BCUT2D eigenvalue weighted by Crippen LogP contribution is 2.20. The topological polar surface area (TPSA) is 41.1 Å². The Kier molecular flexibility index (Phi) is 3.48. The number of hydrogen-bond donors (Lipinski definition) is 2. The number of anilines is 1. The van der Waals surface area contributed by atoms with Gasteiger partial charge in [0.25, 0.3) is 0 Å². The molecule has 1 amide bonds. The van der Waals surface area contributed by atoms with Gasteiger partial charge in [-0.2, -0.15) is 0 Å². The van der Waals surface area contributed by atoms with Crippen LogP contribution in [0.3, 0.4) is 0 Å². The van der Waals surface area contributed by atoms with E-state index in [0.717, 1.165) is 30.6 Å². The van der Waals surface area contributed by atoms with Crippen LogP contribution in [0.25, 0.3) is 0 Å². The van der Waals surface area contributed by atoms with Crippen molar-refractivity contribution in [3.63, 3.8) is 0 Å². The van der Waals surface area contributed by atoms with Crippen LogP contribution < -0.4 is 10.6 Å². The normalized spacial score (nSPS) is 19.4. The van der Waals surface area contributed by atoms with Crippen LogP contribution in [0.5, 0.6) is 0 Å². The Morgan fingerprint density at radius 1 is 1.24 bits per heavy atom. The minimum atomic E-state index is -0.0176. The molecule has 17 heavy (non-hydrogen) atoms. The number of carbonyl (C=O) groups is 1. The van der Waals surface area contributed by atoms with Gasteiger partial charge in [-0.3, -0.25) is 4.79 Å². The summed E-state index contributed by atoms with van der Waals surface area (Å²) >= 11 is 0. The Hall–Kier alpha value is -1.35. The second kappa shape index (κ2) is 4.88. The zero-order valence-electron chi connectivity index (χ0n) is 10.8. The molecule has 0 bridgehead atoms. The van der Waals surface area contributed by atoms with Gasteiger partial charge in [-0.15, -0.1) is 0 Å². The molecule has 1 aromatic rings. The molecule has 0 spiro atoms. The lowest BCUT2D eigenvalue weighted by atomic mass is 10.0. The highest BCUT2D eigenvalue weighted by atomic mass is 16.2. The Bertz CT molecular complexity index is 434. The van der Waals surface area contributed by atoms with Crippen molar-refractivity contribution in [1.29, 1.82) is 0 Å². The first-order valence-electron chi connectivity index (χ1n) is 6.20. The van der Waals surface area contributed by atoms with Gasteiger partial charge in [0.05, 0.1) is 6.04 Å². The van der Waals surface area contributed by atoms with E-state index < -0.39 is 0 Å². The highest BCUT2D eigenvalue weighted by molar-refractivity contribution is 5.95. The molecule has 2 N–H and O–H groups in total. The first kappa shape index (κ1) is 12.1. The molecule has 3 heteroatoms. The molecule has 1 saturated heterocycles. The van der Waals surface area contributed by atoms with Crippen molar-refractivity contribution >= 4 is 11.6 Å². The molecule has 1 aliphatic rings. The summed E-state index contributed by atoms with van der Waals surface area (Å²) < 4.78 is 0. The van der Waals surface area contributed by atoms with Crippen molar-refractivity contribution in [2.24, 2.45) is 0 Å². The van der Waals surface area contributed by atoms with Gasteiger partial charge < -0.3 is 10.6 Å². The Balaban J connectivity index is 2.12. The number of nitrogens with one attached hydrogen (secondary N) is 2. The summed E-state index contributed by atoms with van der Waals surface area (Å²) in [6.07, 6.45) is 2.03. The van der Waals surface area contributed by atoms with Crippen LogP contribution in [0.1, 0.15) is 29.5 Å². The van der Waals surface area contributed by atoms with Crippen LogP contribution in [0.2, 0.25) is 0 Å². The van der Waals surface area contributed by atoms with E-state index in [2.05, 4.69) is 36.6 Å². The predicted octanol–water partition coefficient (Wildman–Crippen LogP) is 2.30. The number of aryl methyl sites for hydroxylation is 3. The maximum Gasteiger partial charge on any atom is 0.241 e. The van der Waals surface area contributed by atoms with Gasteiger partial charge in [0.1, 0.15) is 0 Å². The molecule has 0 aromatic heterocycles. The average molecular weight is 232 g/mol. The van der Waals surface area contributed by atoms with Crippen molar-refractivity contribution in [1.82, 2.24) is 5.32 Å². The SMILES string of the molecule is Cc1cc(C)c(NC(=O)C2CCCN2)cc1C. The molecule has 1 fully saturated rings. The van der Waals surface area contributed by atoms with Crippen molar-refractivity contribution in [2.45, 2.75) is 39.7 Å². The second-order valence-corrected chi connectivity index (χ2v) is 4.89. The molecule has 0 saturated carbocycles. The molecular weight excluding hydrogens is 212 g/mol. The molecule has 1 heterocycles. The quantitative estimate of drug-likeness (QED) is 0.821. The summed E-state index contributed by atoms with van der Waals surface area (Å²) in [6, 6.07) is 4.15. The van der Waals surface area contributed by atoms with Gasteiger partial charge in [0, 0.05) is 5.69 Å². The number of benzene rings is 1. The van der Waals surface area contributed by atoms with Crippen molar-refractivity contribution in [3.8, 4) is 0 Å². The molecule has 1 aliphatic heterocycles. The van der Waals surface area contributed by atoms with Crippen molar-refractivity contribution in [3.05, 3.63) is 28.8 Å². The van der Waals surface area contributed by atoms with Gasteiger partial charge in [-0.1, -0.05) is 6.07 Å². The van der Waals surface area contributed by atoms with E-state index in [0.29, 0.717) is 0 Å². The second-order valence-electron chi connectivity index (χ2n) is 4.89. The highest BCUT2D eigenvalue weighted by Gasteiger charge is 2.22. The minimum Gasteiger partial charge on any atom is -0.324 e. The molecule has 0 radical (unpaired) electrons. The molecule has 92 valence electrons. The van der Waals surface area contributed by atoms with Crippen LogP contribution in [0.15, 0.2) is 12.1 Å². The average Bonchev–Trinajstić information content (AvgIpc) is 2.79. The molecule has 1 aromatic carbocycles. The van der Waals surface area contributed by atoms with E-state index in [1.165, 1.54) is 11.1 Å². The molecule has 0 aliphatic carbocycles. The monoisotopic (exact) mass is 232 g/mol. The van der Waals surface area contributed by atoms with Crippen molar-refractivity contribution in [2.75, 3.05) is 11.9 Å². The molecule has 3 nitrogen and oxygen atoms in total. The Morgan fingerprint density at radius 2 is 1.94 bits per heavy atom. The van der Waals surface area contributed by atoms with E-state index in [1.807, 2.05) is 6.92 Å². The summed E-state index contributed by atoms with van der Waals surface area (Å²) in [4.78, 5) is 12.0. The third-order valence-corrected chi connectivity index (χ3v) is 3.48. The Labute approximate surface area is 103 Å². The number of amides is 1. The first-order valence-corrected chi connectivity index (χ1v) is 6.20. The van der Waals surface area contributed by atoms with Crippen LogP contribution >= 0.6 is 0 Å². The standard InChI is InChI=1S/C14H20N2O/c1-9-7-11(3)13(8-10(9)2)16-14(17)12-5-4-6-15-12/h7-8,12,15H,4-6H2,1-3H3,(H,16,17). The van der Waals surface area contributed by atoms with E-state index in [1.54, 1.807) is 0 Å². The summed E-state index contributed by atoms with van der Waals surface area (Å²) in [7, 11) is 0. The van der Waals surface area contributed by atoms with Gasteiger partial charge >= 0.3 is 0 Å². The van der Waals surface area contributed by atoms with E-state index in [9.17, 15) is 4.79 Å². The summed E-state index contributed by atoms with van der Waals surface area (Å²) in [5.74, 6) is 0.0915. The number of hydrogen-bond acceptors (Lipinski definition) is 2. The summed E-state index contributed by atoms with van der Waals surface area (Å²) in [5, 5.41) is 6.23. The third kappa shape index (κ3) is 2.67. The van der Waals surface area contributed by atoms with Crippen LogP contribution in [-0.4, -0.2) is 18.5 Å². The van der Waals surface area contributed by atoms with Gasteiger partial charge in [-0.05, 0) is 62.9 Å². The van der Waals surface area contributed by atoms with Crippen LogP contribution in [0.4, 0.5) is 5.69 Å². The number of rotatable bonds is 2. The first-order chi connectivity index (χ1) is 8.08. The largest absolute Gasteiger partial charge is 0.324 e. The summed E-state index contributed by atoms with van der Waals surface area (Å²) in [5.41, 5.74) is 4.54. The van der Waals surface area contributed by atoms with Gasteiger partial charge in [0.2, 0.25) is 5.91 Å². The predicted molar refractivity (Wildman–Crippen MR) is 70.3 cm³/mol. The molecule has 1 unspecified atom stereocenters. The third-order valence-electron chi connectivity index (χ3n) is 3.48. The maximum absolute atomic E-state index is 12.0. The smallest absolute Gasteiger partial charge is 0.241 e. The fourth-order valence-corrected chi connectivity index (χ4v) is 2.22. The van der Waals surface area contributed by atoms with E-state index in [-0.39, 0.29) is 11.9 Å². The fourth-order valence-electron chi connectivity index (χ4n) is 2.22. The zero-order chi connectivity index (χ0) is 12.4. The molecular formula is C14H20N2O. The lowest BCUT2D eigenvalue weighted by molar-refractivity contribution is -0.117. The van der Waals surface area contributed by atoms with E-state index in [4.69, 9.17) is 0 Å². The molecule has 2 rings (SSSR count). The van der Waals surface area contributed by atoms with Gasteiger partial charge in [-0.25, -0.2) is 0 Å². The molecule has 1 atom stereocenters. The van der Waals surface area contributed by atoms with Crippen molar-refractivity contribution < 1.29 is 4.79 Å². The number of carbonyl (C=O) groups excluding carboxylic acids is 1. The minimum absolute atomic E-state index is 0.0176. The maximum atomic E-state index is 12.0.